The highest BCUT2D eigenvalue weighted by Gasteiger charge is 2.34. The monoisotopic (exact) mass is 298 g/mol. The molecule has 5 nitrogen and oxygen atoms in total. The standard InChI is InChI=1S/C17H18N2O3/c1-3-17(20)19-14(16-9-6-10-22-16)11-13(18-19)12-7-4-5-8-15(12)21-2/h4-10,14H,3,11H2,1-2H3/t14-/m1/s1. The number of nitrogens with zero attached hydrogens (tertiary/aromatic N) is 2. The second kappa shape index (κ2) is 6.05. The number of hydrogen-bond acceptors (Lipinski definition) is 4. The van der Waals surface area contributed by atoms with E-state index in [1.807, 2.05) is 43.3 Å². The molecule has 0 N–H and O–H groups in total. The molecular formula is C17H18N2O3. The van der Waals surface area contributed by atoms with Gasteiger partial charge < -0.3 is 9.15 Å². The van der Waals surface area contributed by atoms with Gasteiger partial charge in [-0.2, -0.15) is 5.10 Å². The van der Waals surface area contributed by atoms with Crippen LogP contribution in [0.4, 0.5) is 0 Å². The summed E-state index contributed by atoms with van der Waals surface area (Å²) in [6.07, 6.45) is 2.63. The molecule has 1 aromatic carbocycles. The van der Waals surface area contributed by atoms with Gasteiger partial charge in [0.2, 0.25) is 5.91 Å². The van der Waals surface area contributed by atoms with Gasteiger partial charge in [-0.15, -0.1) is 0 Å². The maximum atomic E-state index is 12.2. The predicted octanol–water partition coefficient (Wildman–Crippen LogP) is 3.38. The summed E-state index contributed by atoms with van der Waals surface area (Å²) in [6.45, 7) is 1.83. The Labute approximate surface area is 129 Å². The molecule has 114 valence electrons. The van der Waals surface area contributed by atoms with Crippen LogP contribution in [0, 0.1) is 0 Å². The van der Waals surface area contributed by atoms with Gasteiger partial charge in [0.1, 0.15) is 17.6 Å². The number of ether oxygens (including phenoxy) is 1. The maximum Gasteiger partial charge on any atom is 0.243 e. The Morgan fingerprint density at radius 2 is 2.18 bits per heavy atom. The third kappa shape index (κ3) is 2.50. The number of rotatable bonds is 4. The van der Waals surface area contributed by atoms with Crippen molar-refractivity contribution in [2.24, 2.45) is 5.10 Å². The van der Waals surface area contributed by atoms with Crippen molar-refractivity contribution < 1.29 is 13.9 Å². The zero-order chi connectivity index (χ0) is 15.5. The second-order valence-electron chi connectivity index (χ2n) is 5.07. The summed E-state index contributed by atoms with van der Waals surface area (Å²) in [7, 11) is 1.63. The molecule has 0 saturated carbocycles. The number of benzene rings is 1. The molecule has 0 bridgehead atoms. The summed E-state index contributed by atoms with van der Waals surface area (Å²) < 4.78 is 10.9. The van der Waals surface area contributed by atoms with E-state index in [1.54, 1.807) is 13.4 Å². The van der Waals surface area contributed by atoms with Crippen LogP contribution in [0.3, 0.4) is 0 Å². The topological polar surface area (TPSA) is 55.0 Å². The lowest BCUT2D eigenvalue weighted by Crippen LogP contribution is -2.25. The van der Waals surface area contributed by atoms with Crippen molar-refractivity contribution in [2.75, 3.05) is 7.11 Å². The van der Waals surface area contributed by atoms with Crippen molar-refractivity contribution in [1.82, 2.24) is 5.01 Å². The van der Waals surface area contributed by atoms with Gasteiger partial charge in [0.25, 0.3) is 0 Å². The molecule has 0 saturated heterocycles. The zero-order valence-corrected chi connectivity index (χ0v) is 12.7. The fraction of sp³-hybridized carbons (Fsp3) is 0.294. The fourth-order valence-corrected chi connectivity index (χ4v) is 2.65. The largest absolute Gasteiger partial charge is 0.496 e. The SMILES string of the molecule is CCC(=O)N1N=C(c2ccccc2OC)C[C@@H]1c1ccco1. The molecule has 0 spiro atoms. The predicted molar refractivity (Wildman–Crippen MR) is 82.7 cm³/mol. The lowest BCUT2D eigenvalue weighted by atomic mass is 10.0. The van der Waals surface area contributed by atoms with Crippen LogP contribution in [0.25, 0.3) is 0 Å². The zero-order valence-electron chi connectivity index (χ0n) is 12.7. The Kier molecular flexibility index (Phi) is 3.96. The van der Waals surface area contributed by atoms with Gasteiger partial charge in [0.05, 0.1) is 19.1 Å². The Hall–Kier alpha value is -2.56. The number of carbonyl (C=O) groups excluding carboxylic acids is 1. The van der Waals surface area contributed by atoms with Crippen LogP contribution in [0.5, 0.6) is 5.75 Å². The van der Waals surface area contributed by atoms with Gasteiger partial charge in [0.15, 0.2) is 0 Å². The molecule has 1 amide bonds. The Balaban J connectivity index is 1.98. The molecule has 22 heavy (non-hydrogen) atoms. The summed E-state index contributed by atoms with van der Waals surface area (Å²) in [6, 6.07) is 11.2. The molecule has 2 heterocycles. The molecule has 0 fully saturated rings. The molecule has 1 aliphatic heterocycles. The van der Waals surface area contributed by atoms with Crippen LogP contribution < -0.4 is 4.74 Å². The highest BCUT2D eigenvalue weighted by molar-refractivity contribution is 6.05. The van der Waals surface area contributed by atoms with E-state index in [9.17, 15) is 4.79 Å². The summed E-state index contributed by atoms with van der Waals surface area (Å²) in [5.74, 6) is 1.48. The van der Waals surface area contributed by atoms with Gasteiger partial charge in [0, 0.05) is 18.4 Å². The van der Waals surface area contributed by atoms with Crippen LogP contribution in [-0.4, -0.2) is 23.7 Å². The van der Waals surface area contributed by atoms with E-state index in [4.69, 9.17) is 9.15 Å². The van der Waals surface area contributed by atoms with Crippen molar-refractivity contribution in [2.45, 2.75) is 25.8 Å². The summed E-state index contributed by atoms with van der Waals surface area (Å²) in [4.78, 5) is 12.2. The van der Waals surface area contributed by atoms with E-state index >= 15 is 0 Å². The smallest absolute Gasteiger partial charge is 0.243 e. The number of furan rings is 1. The second-order valence-corrected chi connectivity index (χ2v) is 5.07. The normalized spacial score (nSPS) is 17.5. The first kappa shape index (κ1) is 14.4. The van der Waals surface area contributed by atoms with Crippen LogP contribution in [0.2, 0.25) is 0 Å². The van der Waals surface area contributed by atoms with E-state index in [0.717, 1.165) is 22.8 Å². The average molecular weight is 298 g/mol. The average Bonchev–Trinajstić information content (AvgIpc) is 3.23. The third-order valence-electron chi connectivity index (χ3n) is 3.76. The van der Waals surface area contributed by atoms with Gasteiger partial charge >= 0.3 is 0 Å². The van der Waals surface area contributed by atoms with Crippen molar-refractivity contribution >= 4 is 11.6 Å². The van der Waals surface area contributed by atoms with Crippen LogP contribution in [-0.2, 0) is 4.79 Å². The molecule has 0 unspecified atom stereocenters. The van der Waals surface area contributed by atoms with Gasteiger partial charge in [-0.1, -0.05) is 19.1 Å². The van der Waals surface area contributed by atoms with Gasteiger partial charge in [-0.3, -0.25) is 4.79 Å². The van der Waals surface area contributed by atoms with Gasteiger partial charge in [-0.05, 0) is 24.3 Å². The summed E-state index contributed by atoms with van der Waals surface area (Å²) in [5, 5.41) is 6.06. The van der Waals surface area contributed by atoms with Crippen LogP contribution in [0.1, 0.15) is 37.1 Å². The number of hydrazone groups is 1. The molecule has 1 atom stereocenters. The quantitative estimate of drug-likeness (QED) is 0.869. The lowest BCUT2D eigenvalue weighted by Gasteiger charge is -2.18. The summed E-state index contributed by atoms with van der Waals surface area (Å²) in [5.41, 5.74) is 1.74. The van der Waals surface area contributed by atoms with E-state index < -0.39 is 0 Å². The van der Waals surface area contributed by atoms with Crippen molar-refractivity contribution in [3.05, 3.63) is 54.0 Å². The first-order valence-electron chi connectivity index (χ1n) is 7.31. The highest BCUT2D eigenvalue weighted by atomic mass is 16.5. The molecule has 1 aromatic heterocycles. The fourth-order valence-electron chi connectivity index (χ4n) is 2.65. The Morgan fingerprint density at radius 1 is 1.36 bits per heavy atom. The van der Waals surface area contributed by atoms with E-state index in [1.165, 1.54) is 5.01 Å². The van der Waals surface area contributed by atoms with Crippen molar-refractivity contribution in [3.8, 4) is 5.75 Å². The first-order chi connectivity index (χ1) is 10.7. The Bertz CT molecular complexity index is 692. The van der Waals surface area contributed by atoms with Crippen molar-refractivity contribution in [3.63, 3.8) is 0 Å². The van der Waals surface area contributed by atoms with Crippen LogP contribution in [0.15, 0.2) is 52.2 Å². The molecule has 2 aromatic rings. The minimum atomic E-state index is -0.192. The van der Waals surface area contributed by atoms with Crippen molar-refractivity contribution in [1.29, 1.82) is 0 Å². The number of methoxy groups -OCH3 is 1. The Morgan fingerprint density at radius 3 is 2.86 bits per heavy atom. The van der Waals surface area contributed by atoms with E-state index in [0.29, 0.717) is 12.8 Å². The van der Waals surface area contributed by atoms with E-state index in [-0.39, 0.29) is 11.9 Å². The van der Waals surface area contributed by atoms with Gasteiger partial charge in [-0.25, -0.2) is 5.01 Å². The number of carbonyl (C=O) groups is 1. The minimum absolute atomic E-state index is 0.0219. The number of hydrogen-bond donors (Lipinski definition) is 0. The molecule has 3 rings (SSSR count). The van der Waals surface area contributed by atoms with E-state index in [2.05, 4.69) is 5.10 Å². The summed E-state index contributed by atoms with van der Waals surface area (Å²) >= 11 is 0. The minimum Gasteiger partial charge on any atom is -0.496 e. The first-order valence-corrected chi connectivity index (χ1v) is 7.31. The molecule has 0 radical (unpaired) electrons. The third-order valence-corrected chi connectivity index (χ3v) is 3.76. The molecule has 1 aliphatic rings. The lowest BCUT2D eigenvalue weighted by molar-refractivity contribution is -0.133. The molecule has 0 aliphatic carbocycles. The maximum absolute atomic E-state index is 12.2. The number of para-hydroxylation sites is 1. The van der Waals surface area contributed by atoms with Crippen LogP contribution >= 0.6 is 0 Å². The molecular weight excluding hydrogens is 280 g/mol. The number of amides is 1. The highest BCUT2D eigenvalue weighted by Crippen LogP contribution is 2.35. The molecule has 5 heteroatoms.